The van der Waals surface area contributed by atoms with Crippen LogP contribution in [-0.2, 0) is 4.79 Å². The summed E-state index contributed by atoms with van der Waals surface area (Å²) in [6, 6.07) is 2.85. The van der Waals surface area contributed by atoms with Crippen molar-refractivity contribution >= 4 is 5.91 Å². The average molecular weight is 264 g/mol. The Labute approximate surface area is 115 Å². The second-order valence-electron chi connectivity index (χ2n) is 6.24. The number of nitrogens with zero attached hydrogens (tertiary/aromatic N) is 2. The molecule has 3 atom stereocenters. The van der Waals surface area contributed by atoms with Crippen molar-refractivity contribution in [2.75, 3.05) is 13.1 Å². The predicted molar refractivity (Wildman–Crippen MR) is 73.1 cm³/mol. The third-order valence-electron chi connectivity index (χ3n) is 4.43. The maximum absolute atomic E-state index is 12.1. The maximum Gasteiger partial charge on any atom is 0.235 e. The minimum Gasteiger partial charge on any atom is -0.337 e. The molecule has 1 saturated heterocycles. The van der Waals surface area contributed by atoms with Gasteiger partial charge in [0.1, 0.15) is 5.54 Å². The van der Waals surface area contributed by atoms with Crippen LogP contribution in [0.4, 0.5) is 0 Å². The van der Waals surface area contributed by atoms with Crippen LogP contribution in [-0.4, -0.2) is 41.5 Å². The summed E-state index contributed by atoms with van der Waals surface area (Å²) in [5.74, 6) is 0.284. The zero-order chi connectivity index (χ0) is 14.0. The lowest BCUT2D eigenvalue weighted by molar-refractivity contribution is -0.124. The van der Waals surface area contributed by atoms with Gasteiger partial charge in [0.05, 0.1) is 12.6 Å². The number of nitriles is 1. The number of carbonyl (C=O) groups is 1. The van der Waals surface area contributed by atoms with Crippen molar-refractivity contribution in [2.24, 2.45) is 11.7 Å². The molecule has 106 valence electrons. The van der Waals surface area contributed by atoms with E-state index in [0.29, 0.717) is 18.5 Å². The Morgan fingerprint density at radius 1 is 1.53 bits per heavy atom. The Kier molecular flexibility index (Phi) is 4.12. The van der Waals surface area contributed by atoms with Gasteiger partial charge in [-0.2, -0.15) is 5.26 Å². The highest BCUT2D eigenvalue weighted by molar-refractivity contribution is 5.79. The van der Waals surface area contributed by atoms with E-state index in [1.807, 2.05) is 6.92 Å². The summed E-state index contributed by atoms with van der Waals surface area (Å²) in [6.07, 6.45) is 3.96. The highest BCUT2D eigenvalue weighted by Gasteiger charge is 2.43. The van der Waals surface area contributed by atoms with E-state index in [-0.39, 0.29) is 11.9 Å². The van der Waals surface area contributed by atoms with E-state index in [4.69, 9.17) is 5.73 Å². The standard InChI is InChI=1S/C14H24N4O/c1-10-7-12(16)5-6-18(10)8-13(19)17-14(2,9-15)11-3-4-11/h10-12H,3-8,16H2,1-2H3,(H,17,19). The molecule has 3 unspecified atom stereocenters. The summed E-state index contributed by atoms with van der Waals surface area (Å²) in [5, 5.41) is 12.2. The molecule has 1 aliphatic heterocycles. The van der Waals surface area contributed by atoms with E-state index in [0.717, 1.165) is 32.2 Å². The number of nitrogens with two attached hydrogens (primary N) is 1. The summed E-state index contributed by atoms with van der Waals surface area (Å²) >= 11 is 0. The van der Waals surface area contributed by atoms with E-state index < -0.39 is 5.54 Å². The second-order valence-corrected chi connectivity index (χ2v) is 6.24. The average Bonchev–Trinajstić information content (AvgIpc) is 3.17. The van der Waals surface area contributed by atoms with Gasteiger partial charge < -0.3 is 11.1 Å². The van der Waals surface area contributed by atoms with Gasteiger partial charge in [-0.05, 0) is 45.4 Å². The molecule has 2 aliphatic rings. The first-order chi connectivity index (χ1) is 8.94. The van der Waals surface area contributed by atoms with Crippen LogP contribution < -0.4 is 11.1 Å². The van der Waals surface area contributed by atoms with Gasteiger partial charge in [-0.3, -0.25) is 9.69 Å². The molecule has 5 heteroatoms. The highest BCUT2D eigenvalue weighted by Crippen LogP contribution is 2.39. The quantitative estimate of drug-likeness (QED) is 0.779. The lowest BCUT2D eigenvalue weighted by atomic mass is 9.97. The molecule has 5 nitrogen and oxygen atoms in total. The molecule has 1 heterocycles. The van der Waals surface area contributed by atoms with Crippen molar-refractivity contribution in [2.45, 2.75) is 57.2 Å². The molecule has 1 aliphatic carbocycles. The molecule has 0 radical (unpaired) electrons. The van der Waals surface area contributed by atoms with Crippen LogP contribution in [0, 0.1) is 17.2 Å². The number of piperidine rings is 1. The van der Waals surface area contributed by atoms with Gasteiger partial charge in [0, 0.05) is 18.6 Å². The molecule has 0 aromatic heterocycles. The fourth-order valence-electron chi connectivity index (χ4n) is 2.89. The molecule has 1 saturated carbocycles. The van der Waals surface area contributed by atoms with Crippen molar-refractivity contribution < 1.29 is 4.79 Å². The number of carbonyl (C=O) groups excluding carboxylic acids is 1. The molecule has 2 fully saturated rings. The molecule has 3 N–H and O–H groups in total. The van der Waals surface area contributed by atoms with E-state index in [2.05, 4.69) is 23.2 Å². The van der Waals surface area contributed by atoms with E-state index in [1.54, 1.807) is 0 Å². The molecule has 19 heavy (non-hydrogen) atoms. The smallest absolute Gasteiger partial charge is 0.235 e. The van der Waals surface area contributed by atoms with Crippen LogP contribution in [0.2, 0.25) is 0 Å². The van der Waals surface area contributed by atoms with Gasteiger partial charge >= 0.3 is 0 Å². The van der Waals surface area contributed by atoms with Crippen LogP contribution >= 0.6 is 0 Å². The molecule has 0 aromatic carbocycles. The first kappa shape index (κ1) is 14.3. The number of rotatable bonds is 4. The van der Waals surface area contributed by atoms with Gasteiger partial charge in [-0.15, -0.1) is 0 Å². The minimum absolute atomic E-state index is 0.0433. The van der Waals surface area contributed by atoms with Gasteiger partial charge in [0.2, 0.25) is 5.91 Å². The Bertz CT molecular complexity index is 387. The number of hydrogen-bond donors (Lipinski definition) is 2. The Balaban J connectivity index is 1.86. The van der Waals surface area contributed by atoms with E-state index in [1.165, 1.54) is 0 Å². The van der Waals surface area contributed by atoms with Crippen LogP contribution in [0.5, 0.6) is 0 Å². The van der Waals surface area contributed by atoms with Crippen molar-refractivity contribution in [3.8, 4) is 6.07 Å². The van der Waals surface area contributed by atoms with Crippen LogP contribution in [0.25, 0.3) is 0 Å². The van der Waals surface area contributed by atoms with Gasteiger partial charge in [0.15, 0.2) is 0 Å². The van der Waals surface area contributed by atoms with Crippen molar-refractivity contribution in [3.63, 3.8) is 0 Å². The molecule has 0 bridgehead atoms. The third kappa shape index (κ3) is 3.46. The monoisotopic (exact) mass is 264 g/mol. The van der Waals surface area contributed by atoms with Crippen molar-refractivity contribution in [1.82, 2.24) is 10.2 Å². The molecule has 1 amide bonds. The zero-order valence-electron chi connectivity index (χ0n) is 11.9. The Morgan fingerprint density at radius 2 is 2.21 bits per heavy atom. The maximum atomic E-state index is 12.1. The summed E-state index contributed by atoms with van der Waals surface area (Å²) in [5.41, 5.74) is 5.23. The predicted octanol–water partition coefficient (Wildman–Crippen LogP) is 0.606. The fourth-order valence-corrected chi connectivity index (χ4v) is 2.89. The van der Waals surface area contributed by atoms with Crippen molar-refractivity contribution in [3.05, 3.63) is 0 Å². The highest BCUT2D eigenvalue weighted by atomic mass is 16.2. The van der Waals surface area contributed by atoms with Gasteiger partial charge in [-0.1, -0.05) is 0 Å². The SMILES string of the molecule is CC1CC(N)CCN1CC(=O)NC(C)(C#N)C1CC1. The minimum atomic E-state index is -0.688. The molecular weight excluding hydrogens is 240 g/mol. The number of likely N-dealkylation sites (tertiary alicyclic amines) is 1. The largest absolute Gasteiger partial charge is 0.337 e. The summed E-state index contributed by atoms with van der Waals surface area (Å²) < 4.78 is 0. The topological polar surface area (TPSA) is 82.2 Å². The van der Waals surface area contributed by atoms with E-state index >= 15 is 0 Å². The number of hydrogen-bond acceptors (Lipinski definition) is 4. The summed E-state index contributed by atoms with van der Waals surface area (Å²) in [7, 11) is 0. The van der Waals surface area contributed by atoms with Gasteiger partial charge in [-0.25, -0.2) is 0 Å². The lowest BCUT2D eigenvalue weighted by Gasteiger charge is -2.36. The summed E-state index contributed by atoms with van der Waals surface area (Å²) in [6.45, 7) is 5.18. The fraction of sp³-hybridized carbons (Fsp3) is 0.857. The second kappa shape index (κ2) is 5.48. The third-order valence-corrected chi connectivity index (χ3v) is 4.43. The Hall–Kier alpha value is -1.12. The first-order valence-corrected chi connectivity index (χ1v) is 7.16. The van der Waals surface area contributed by atoms with E-state index in [9.17, 15) is 10.1 Å². The van der Waals surface area contributed by atoms with Crippen LogP contribution in [0.15, 0.2) is 0 Å². The molecular formula is C14H24N4O. The lowest BCUT2D eigenvalue weighted by Crippen LogP contribution is -2.53. The molecule has 0 spiro atoms. The Morgan fingerprint density at radius 3 is 2.74 bits per heavy atom. The molecule has 0 aromatic rings. The van der Waals surface area contributed by atoms with Crippen LogP contribution in [0.3, 0.4) is 0 Å². The first-order valence-electron chi connectivity index (χ1n) is 7.16. The van der Waals surface area contributed by atoms with Crippen molar-refractivity contribution in [1.29, 1.82) is 5.26 Å². The normalized spacial score (nSPS) is 31.3. The number of nitrogens with one attached hydrogen (secondary N) is 1. The van der Waals surface area contributed by atoms with Crippen LogP contribution in [0.1, 0.15) is 39.5 Å². The summed E-state index contributed by atoms with van der Waals surface area (Å²) in [4.78, 5) is 14.3. The van der Waals surface area contributed by atoms with Gasteiger partial charge in [0.25, 0.3) is 0 Å². The number of amides is 1. The molecule has 2 rings (SSSR count). The zero-order valence-corrected chi connectivity index (χ0v) is 11.9.